The second-order valence-corrected chi connectivity index (χ2v) is 9.64. The summed E-state index contributed by atoms with van der Waals surface area (Å²) in [5.41, 5.74) is 3.70. The Bertz CT molecular complexity index is 217. The van der Waals surface area contributed by atoms with Gasteiger partial charge in [0.2, 0.25) is 0 Å². The highest BCUT2D eigenvalue weighted by molar-refractivity contribution is 6.87. The van der Waals surface area contributed by atoms with E-state index < -0.39 is 8.07 Å². The van der Waals surface area contributed by atoms with Crippen LogP contribution in [0.2, 0.25) is 18.1 Å². The molecule has 0 rings (SSSR count). The molecule has 0 aromatic carbocycles. The maximum absolute atomic E-state index is 5.10. The molecule has 0 amide bonds. The van der Waals surface area contributed by atoms with Gasteiger partial charge in [0, 0.05) is 7.11 Å². The van der Waals surface area contributed by atoms with E-state index in [1.54, 1.807) is 7.11 Å². The molecule has 0 radical (unpaired) electrons. The predicted octanol–water partition coefficient (Wildman–Crippen LogP) is 5.02. The largest absolute Gasteiger partial charge is 0.372 e. The van der Waals surface area contributed by atoms with Crippen LogP contribution in [0.3, 0.4) is 0 Å². The van der Waals surface area contributed by atoms with E-state index in [9.17, 15) is 0 Å². The zero-order valence-electron chi connectivity index (χ0n) is 13.0. The summed E-state index contributed by atoms with van der Waals surface area (Å²) in [6.07, 6.45) is 8.00. The first-order chi connectivity index (χ1) is 8.74. The molecule has 0 aliphatic heterocycles. The first kappa shape index (κ1) is 17.7. The molecule has 0 aromatic rings. The van der Waals surface area contributed by atoms with Gasteiger partial charge in [0.1, 0.15) is 14.7 Å². The molecular formula is C16H32OSi. The number of methoxy groups -OCH3 is 1. The smallest absolute Gasteiger partial charge is 0.138 e. The quantitative estimate of drug-likeness (QED) is 0.399. The van der Waals surface area contributed by atoms with Crippen LogP contribution in [0.15, 0.2) is 0 Å². The number of hydrogen-bond donors (Lipinski definition) is 0. The minimum absolute atomic E-state index is 0.610. The summed E-state index contributed by atoms with van der Waals surface area (Å²) in [7, 11) is 0.401. The third-order valence-corrected chi connectivity index (χ3v) is 8.24. The lowest BCUT2D eigenvalue weighted by atomic mass is 10.4. The third kappa shape index (κ3) is 7.95. The topological polar surface area (TPSA) is 9.23 Å². The minimum Gasteiger partial charge on any atom is -0.372 e. The van der Waals surface area contributed by atoms with Crippen LogP contribution in [0.5, 0.6) is 0 Å². The van der Waals surface area contributed by atoms with Crippen LogP contribution in [0.25, 0.3) is 0 Å². The van der Waals surface area contributed by atoms with Gasteiger partial charge < -0.3 is 4.74 Å². The summed E-state index contributed by atoms with van der Waals surface area (Å²) in [6, 6.07) is 4.21. The van der Waals surface area contributed by atoms with Gasteiger partial charge in [-0.25, -0.2) is 0 Å². The molecule has 106 valence electrons. The molecule has 0 aliphatic rings. The lowest BCUT2D eigenvalue weighted by Crippen LogP contribution is -2.32. The van der Waals surface area contributed by atoms with E-state index in [2.05, 4.69) is 32.2 Å². The Morgan fingerprint density at radius 2 is 1.28 bits per heavy atom. The van der Waals surface area contributed by atoms with Gasteiger partial charge >= 0.3 is 0 Å². The van der Waals surface area contributed by atoms with E-state index in [4.69, 9.17) is 4.74 Å². The summed E-state index contributed by atoms with van der Waals surface area (Å²) >= 11 is 0. The standard InChI is InChI=1S/C16H32OSi/c1-5-8-13-18(14-9-6-2,15-10-7-3)16-11-12-17-4/h5-10,12-15H2,1-4H3. The fourth-order valence-corrected chi connectivity index (χ4v) is 7.07. The Morgan fingerprint density at radius 3 is 1.61 bits per heavy atom. The highest BCUT2D eigenvalue weighted by Gasteiger charge is 2.29. The van der Waals surface area contributed by atoms with Gasteiger partial charge in [0.15, 0.2) is 0 Å². The Morgan fingerprint density at radius 1 is 0.833 bits per heavy atom. The van der Waals surface area contributed by atoms with Crippen molar-refractivity contribution in [2.45, 2.75) is 77.4 Å². The normalized spacial score (nSPS) is 11.1. The van der Waals surface area contributed by atoms with Crippen molar-refractivity contribution >= 4 is 8.07 Å². The van der Waals surface area contributed by atoms with Crippen LogP contribution in [-0.4, -0.2) is 21.8 Å². The highest BCUT2D eigenvalue weighted by atomic mass is 28.3. The number of ether oxygens (including phenoxy) is 1. The SMILES string of the molecule is CCCC[Si](C#CCOC)(CCCC)CCCC. The van der Waals surface area contributed by atoms with Gasteiger partial charge in [0.25, 0.3) is 0 Å². The van der Waals surface area contributed by atoms with Crippen molar-refractivity contribution in [1.29, 1.82) is 0 Å². The van der Waals surface area contributed by atoms with Gasteiger partial charge in [-0.1, -0.05) is 65.2 Å². The molecule has 0 bridgehead atoms. The Kier molecular flexibility index (Phi) is 11.6. The van der Waals surface area contributed by atoms with Crippen LogP contribution < -0.4 is 0 Å². The van der Waals surface area contributed by atoms with E-state index in [0.717, 1.165) is 0 Å². The lowest BCUT2D eigenvalue weighted by Gasteiger charge is -2.26. The Labute approximate surface area is 116 Å². The minimum atomic E-state index is -1.34. The van der Waals surface area contributed by atoms with Gasteiger partial charge in [-0.05, 0) is 18.1 Å². The summed E-state index contributed by atoms with van der Waals surface area (Å²) < 4.78 is 5.10. The first-order valence-electron chi connectivity index (χ1n) is 7.73. The molecule has 18 heavy (non-hydrogen) atoms. The van der Waals surface area contributed by atoms with Crippen LogP contribution in [0.1, 0.15) is 59.3 Å². The van der Waals surface area contributed by atoms with E-state index in [-0.39, 0.29) is 0 Å². The zero-order valence-corrected chi connectivity index (χ0v) is 14.0. The van der Waals surface area contributed by atoms with Crippen molar-refractivity contribution in [1.82, 2.24) is 0 Å². The van der Waals surface area contributed by atoms with E-state index >= 15 is 0 Å². The van der Waals surface area contributed by atoms with Crippen molar-refractivity contribution in [3.8, 4) is 11.5 Å². The summed E-state index contributed by atoms with van der Waals surface area (Å²) in [5.74, 6) is 3.29. The van der Waals surface area contributed by atoms with E-state index in [1.807, 2.05) is 0 Å². The molecule has 0 saturated carbocycles. The number of unbranched alkanes of at least 4 members (excludes halogenated alkanes) is 3. The third-order valence-electron chi connectivity index (χ3n) is 3.60. The van der Waals surface area contributed by atoms with Gasteiger partial charge in [-0.2, -0.15) is 0 Å². The van der Waals surface area contributed by atoms with Crippen LogP contribution in [0, 0.1) is 11.5 Å². The molecule has 1 nitrogen and oxygen atoms in total. The van der Waals surface area contributed by atoms with E-state index in [1.165, 1.54) is 56.7 Å². The van der Waals surface area contributed by atoms with E-state index in [0.29, 0.717) is 6.61 Å². The van der Waals surface area contributed by atoms with Crippen LogP contribution in [0.4, 0.5) is 0 Å². The maximum Gasteiger partial charge on any atom is 0.138 e. The monoisotopic (exact) mass is 268 g/mol. The number of rotatable bonds is 10. The Hall–Kier alpha value is -0.263. The van der Waals surface area contributed by atoms with Crippen molar-refractivity contribution in [3.63, 3.8) is 0 Å². The molecule has 0 saturated heterocycles. The average molecular weight is 269 g/mol. The fourth-order valence-electron chi connectivity index (χ4n) is 2.40. The average Bonchev–Trinajstić information content (AvgIpc) is 2.40. The molecule has 2 heteroatoms. The molecular weight excluding hydrogens is 236 g/mol. The molecule has 0 unspecified atom stereocenters. The molecule has 0 N–H and O–H groups in total. The summed E-state index contributed by atoms with van der Waals surface area (Å²) in [5, 5.41) is 0. The molecule has 0 atom stereocenters. The summed E-state index contributed by atoms with van der Waals surface area (Å²) in [6.45, 7) is 7.49. The zero-order chi connectivity index (χ0) is 13.7. The predicted molar refractivity (Wildman–Crippen MR) is 84.6 cm³/mol. The second-order valence-electron chi connectivity index (χ2n) is 5.33. The van der Waals surface area contributed by atoms with Crippen molar-refractivity contribution < 1.29 is 4.74 Å². The van der Waals surface area contributed by atoms with Crippen LogP contribution >= 0.6 is 0 Å². The number of hydrogen-bond acceptors (Lipinski definition) is 1. The molecule has 0 fully saturated rings. The summed E-state index contributed by atoms with van der Waals surface area (Å²) in [4.78, 5) is 0. The van der Waals surface area contributed by atoms with Gasteiger partial charge in [-0.3, -0.25) is 0 Å². The fraction of sp³-hybridized carbons (Fsp3) is 0.875. The first-order valence-corrected chi connectivity index (χ1v) is 10.4. The molecule has 0 spiro atoms. The molecule has 0 aliphatic carbocycles. The van der Waals surface area contributed by atoms with Gasteiger partial charge in [-0.15, -0.1) is 5.54 Å². The van der Waals surface area contributed by atoms with Crippen molar-refractivity contribution in [3.05, 3.63) is 0 Å². The maximum atomic E-state index is 5.10. The van der Waals surface area contributed by atoms with Crippen molar-refractivity contribution in [2.75, 3.05) is 13.7 Å². The Balaban J connectivity index is 4.69. The second kappa shape index (κ2) is 11.8. The molecule has 0 aromatic heterocycles. The highest BCUT2D eigenvalue weighted by Crippen LogP contribution is 2.27. The van der Waals surface area contributed by atoms with Crippen LogP contribution in [-0.2, 0) is 4.74 Å². The molecule has 0 heterocycles. The lowest BCUT2D eigenvalue weighted by molar-refractivity contribution is 0.240. The van der Waals surface area contributed by atoms with Crippen molar-refractivity contribution in [2.24, 2.45) is 0 Å². The van der Waals surface area contributed by atoms with Gasteiger partial charge in [0.05, 0.1) is 0 Å².